The van der Waals surface area contributed by atoms with Gasteiger partial charge in [-0.05, 0) is 59.7 Å². The maximum absolute atomic E-state index is 13.5. The molecule has 4 rings (SSSR count). The van der Waals surface area contributed by atoms with Crippen LogP contribution in [0.3, 0.4) is 0 Å². The number of nitrogens with zero attached hydrogens (tertiary/aromatic N) is 2. The van der Waals surface area contributed by atoms with E-state index in [-0.39, 0.29) is 24.0 Å². The highest BCUT2D eigenvalue weighted by molar-refractivity contribution is 7.89. The van der Waals surface area contributed by atoms with E-state index in [1.165, 1.54) is 28.6 Å². The molecule has 1 saturated heterocycles. The molecular weight excluding hydrogens is 491 g/mol. The summed E-state index contributed by atoms with van der Waals surface area (Å²) in [6.07, 6.45) is -4.87. The smallest absolute Gasteiger partial charge is 0.406 e. The second kappa shape index (κ2) is 9.92. The lowest BCUT2D eigenvalue weighted by atomic mass is 9.96. The monoisotopic (exact) mass is 512 g/mol. The molecule has 3 aromatic carbocycles. The number of benzene rings is 3. The average molecular weight is 513 g/mol. The predicted molar refractivity (Wildman–Crippen MR) is 118 cm³/mol. The summed E-state index contributed by atoms with van der Waals surface area (Å²) >= 11 is 0. The van der Waals surface area contributed by atoms with Crippen LogP contribution in [-0.4, -0.2) is 50.2 Å². The lowest BCUT2D eigenvalue weighted by molar-refractivity contribution is -0.274. The molecule has 3 aromatic rings. The molecule has 0 amide bonds. The predicted octanol–water partition coefficient (Wildman–Crippen LogP) is 4.96. The fraction of sp³-hybridized carbons (Fsp3) is 0.250. The van der Waals surface area contributed by atoms with Gasteiger partial charge < -0.3 is 4.74 Å². The Morgan fingerprint density at radius 3 is 1.60 bits per heavy atom. The van der Waals surface area contributed by atoms with E-state index in [4.69, 9.17) is 0 Å². The maximum Gasteiger partial charge on any atom is 0.573 e. The molecule has 0 aliphatic carbocycles. The number of sulfonamides is 1. The molecule has 186 valence electrons. The Labute approximate surface area is 199 Å². The molecule has 1 fully saturated rings. The van der Waals surface area contributed by atoms with Crippen molar-refractivity contribution in [2.24, 2.45) is 0 Å². The van der Waals surface area contributed by atoms with Gasteiger partial charge in [-0.1, -0.05) is 24.3 Å². The number of rotatable bonds is 6. The second-order valence-corrected chi connectivity index (χ2v) is 9.90. The number of piperazine rings is 1. The van der Waals surface area contributed by atoms with Crippen molar-refractivity contribution in [2.45, 2.75) is 17.3 Å². The van der Waals surface area contributed by atoms with Gasteiger partial charge in [0, 0.05) is 26.2 Å². The Kier molecular flexibility index (Phi) is 7.11. The highest BCUT2D eigenvalue weighted by atomic mass is 32.2. The molecule has 1 heterocycles. The third kappa shape index (κ3) is 5.98. The van der Waals surface area contributed by atoms with Gasteiger partial charge in [0.25, 0.3) is 0 Å². The van der Waals surface area contributed by atoms with Crippen molar-refractivity contribution in [3.05, 3.63) is 95.6 Å². The average Bonchev–Trinajstić information content (AvgIpc) is 2.81. The first-order valence-electron chi connectivity index (χ1n) is 10.6. The molecule has 5 nitrogen and oxygen atoms in total. The molecule has 0 unspecified atom stereocenters. The Bertz CT molecular complexity index is 1190. The van der Waals surface area contributed by atoms with Crippen LogP contribution in [0.15, 0.2) is 77.7 Å². The van der Waals surface area contributed by atoms with Crippen molar-refractivity contribution in [3.63, 3.8) is 0 Å². The summed E-state index contributed by atoms with van der Waals surface area (Å²) in [6, 6.07) is 15.6. The number of hydrogen-bond donors (Lipinski definition) is 0. The summed E-state index contributed by atoms with van der Waals surface area (Å²) in [5.41, 5.74) is 1.55. The van der Waals surface area contributed by atoms with Crippen LogP contribution in [0, 0.1) is 11.6 Å². The zero-order valence-corrected chi connectivity index (χ0v) is 19.1. The van der Waals surface area contributed by atoms with Crippen LogP contribution in [0.5, 0.6) is 5.75 Å². The Balaban J connectivity index is 1.51. The Morgan fingerprint density at radius 1 is 0.714 bits per heavy atom. The molecule has 0 aromatic heterocycles. The van der Waals surface area contributed by atoms with Crippen molar-refractivity contribution in [1.29, 1.82) is 0 Å². The third-order valence-electron chi connectivity index (χ3n) is 5.70. The molecule has 0 saturated carbocycles. The van der Waals surface area contributed by atoms with E-state index in [1.54, 1.807) is 24.3 Å². The zero-order valence-electron chi connectivity index (χ0n) is 18.3. The first kappa shape index (κ1) is 25.1. The van der Waals surface area contributed by atoms with Crippen LogP contribution < -0.4 is 4.74 Å². The minimum atomic E-state index is -4.87. The quantitative estimate of drug-likeness (QED) is 0.439. The summed E-state index contributed by atoms with van der Waals surface area (Å²) in [7, 11) is -3.94. The molecule has 1 aliphatic rings. The molecule has 0 bridgehead atoms. The largest absolute Gasteiger partial charge is 0.573 e. The highest BCUT2D eigenvalue weighted by Crippen LogP contribution is 2.31. The standard InChI is InChI=1S/C24H21F5N2O3S/c25-19-5-1-17(2-6-19)23(18-3-7-20(26)8-4-18)30-13-15-31(16-14-30)35(32,33)22-11-9-21(10-12-22)34-24(27,28)29/h1-12,23H,13-16H2. The van der Waals surface area contributed by atoms with E-state index in [9.17, 15) is 30.4 Å². The fourth-order valence-corrected chi connectivity index (χ4v) is 5.49. The number of halogens is 5. The summed E-state index contributed by atoms with van der Waals surface area (Å²) in [5.74, 6) is -1.30. The number of ether oxygens (including phenoxy) is 1. The van der Waals surface area contributed by atoms with E-state index in [0.29, 0.717) is 13.1 Å². The van der Waals surface area contributed by atoms with Crippen LogP contribution in [0.4, 0.5) is 22.0 Å². The minimum absolute atomic E-state index is 0.127. The molecule has 11 heteroatoms. The summed E-state index contributed by atoms with van der Waals surface area (Å²) < 4.78 is 95.2. The van der Waals surface area contributed by atoms with Crippen LogP contribution >= 0.6 is 0 Å². The zero-order chi connectivity index (χ0) is 25.2. The molecule has 0 radical (unpaired) electrons. The van der Waals surface area contributed by atoms with E-state index in [0.717, 1.165) is 35.4 Å². The van der Waals surface area contributed by atoms with Gasteiger partial charge in [0.05, 0.1) is 10.9 Å². The third-order valence-corrected chi connectivity index (χ3v) is 7.62. The van der Waals surface area contributed by atoms with Crippen LogP contribution in [0.1, 0.15) is 17.2 Å². The summed E-state index contributed by atoms with van der Waals surface area (Å²) in [5, 5.41) is 0. The van der Waals surface area contributed by atoms with E-state index in [1.807, 2.05) is 4.90 Å². The molecule has 0 N–H and O–H groups in total. The topological polar surface area (TPSA) is 49.9 Å². The molecule has 0 spiro atoms. The Hall–Kier alpha value is -3.02. The SMILES string of the molecule is O=S(=O)(c1ccc(OC(F)(F)F)cc1)N1CCN(C(c2ccc(F)cc2)c2ccc(F)cc2)CC1. The van der Waals surface area contributed by atoms with Gasteiger partial charge in [0.15, 0.2) is 0 Å². The minimum Gasteiger partial charge on any atom is -0.406 e. The maximum atomic E-state index is 13.5. The van der Waals surface area contributed by atoms with Crippen molar-refractivity contribution in [3.8, 4) is 5.75 Å². The normalized spacial score (nSPS) is 15.9. The van der Waals surface area contributed by atoms with Crippen molar-refractivity contribution in [2.75, 3.05) is 26.2 Å². The molecule has 35 heavy (non-hydrogen) atoms. The van der Waals surface area contributed by atoms with Crippen LogP contribution in [0.25, 0.3) is 0 Å². The van der Waals surface area contributed by atoms with E-state index < -0.39 is 33.8 Å². The van der Waals surface area contributed by atoms with Gasteiger partial charge in [0.2, 0.25) is 10.0 Å². The van der Waals surface area contributed by atoms with Gasteiger partial charge >= 0.3 is 6.36 Å². The van der Waals surface area contributed by atoms with Crippen molar-refractivity contribution >= 4 is 10.0 Å². The van der Waals surface area contributed by atoms with Crippen LogP contribution in [-0.2, 0) is 10.0 Å². The van der Waals surface area contributed by atoms with E-state index in [2.05, 4.69) is 4.74 Å². The molecular formula is C24H21F5N2O3S. The van der Waals surface area contributed by atoms with Gasteiger partial charge in [-0.3, -0.25) is 4.90 Å². The van der Waals surface area contributed by atoms with Crippen LogP contribution in [0.2, 0.25) is 0 Å². The van der Waals surface area contributed by atoms with Gasteiger partial charge in [-0.15, -0.1) is 13.2 Å². The van der Waals surface area contributed by atoms with Crippen molar-refractivity contribution < 1.29 is 35.1 Å². The molecule has 0 atom stereocenters. The number of hydrogen-bond acceptors (Lipinski definition) is 4. The Morgan fingerprint density at radius 2 is 1.17 bits per heavy atom. The lowest BCUT2D eigenvalue weighted by Crippen LogP contribution is -2.49. The summed E-state index contributed by atoms with van der Waals surface area (Å²) in [4.78, 5) is 1.88. The van der Waals surface area contributed by atoms with Gasteiger partial charge in [-0.25, -0.2) is 17.2 Å². The first-order valence-corrected chi connectivity index (χ1v) is 12.1. The number of alkyl halides is 3. The summed E-state index contributed by atoms with van der Waals surface area (Å²) in [6.45, 7) is 0.909. The lowest BCUT2D eigenvalue weighted by Gasteiger charge is -2.39. The fourth-order valence-electron chi connectivity index (χ4n) is 4.07. The first-order chi connectivity index (χ1) is 16.5. The highest BCUT2D eigenvalue weighted by Gasteiger charge is 2.33. The van der Waals surface area contributed by atoms with Crippen molar-refractivity contribution in [1.82, 2.24) is 9.21 Å². The molecule has 1 aliphatic heterocycles. The van der Waals surface area contributed by atoms with E-state index >= 15 is 0 Å². The second-order valence-electron chi connectivity index (χ2n) is 7.96. The van der Waals surface area contributed by atoms with Gasteiger partial charge in [-0.2, -0.15) is 4.31 Å². The van der Waals surface area contributed by atoms with Gasteiger partial charge in [0.1, 0.15) is 17.4 Å².